The maximum absolute atomic E-state index is 13.5. The fraction of sp³-hybridized carbons (Fsp3) is 0.241. The van der Waals surface area contributed by atoms with E-state index in [4.69, 9.17) is 16.3 Å². The third kappa shape index (κ3) is 4.43. The van der Waals surface area contributed by atoms with Gasteiger partial charge >= 0.3 is 0 Å². The summed E-state index contributed by atoms with van der Waals surface area (Å²) in [5.41, 5.74) is 3.26. The van der Waals surface area contributed by atoms with Crippen molar-refractivity contribution in [2.75, 3.05) is 20.2 Å². The van der Waals surface area contributed by atoms with Crippen molar-refractivity contribution in [2.24, 2.45) is 0 Å². The monoisotopic (exact) mass is 483 g/mol. The van der Waals surface area contributed by atoms with E-state index in [1.807, 2.05) is 48.5 Å². The lowest BCUT2D eigenvalue weighted by Crippen LogP contribution is -2.33. The van der Waals surface area contributed by atoms with Crippen molar-refractivity contribution in [3.05, 3.63) is 99.4 Å². The van der Waals surface area contributed by atoms with Crippen LogP contribution in [0.2, 0.25) is 5.02 Å². The van der Waals surface area contributed by atoms with Crippen molar-refractivity contribution in [1.82, 2.24) is 9.88 Å². The Balaban J connectivity index is 1.46. The number of rotatable bonds is 8. The molecule has 1 heterocycles. The van der Waals surface area contributed by atoms with E-state index in [-0.39, 0.29) is 11.0 Å². The molecule has 6 heteroatoms. The molecule has 4 aromatic rings. The van der Waals surface area contributed by atoms with E-state index >= 15 is 0 Å². The summed E-state index contributed by atoms with van der Waals surface area (Å²) < 4.78 is 7.01. The van der Waals surface area contributed by atoms with Gasteiger partial charge in [0.2, 0.25) is 0 Å². The van der Waals surface area contributed by atoms with Gasteiger partial charge in [0.1, 0.15) is 17.5 Å². The molecule has 0 spiro atoms. The summed E-state index contributed by atoms with van der Waals surface area (Å²) in [6, 6.07) is 25.5. The molecule has 3 aromatic carbocycles. The summed E-state index contributed by atoms with van der Waals surface area (Å²) in [5, 5.41) is 15.7. The van der Waals surface area contributed by atoms with Crippen LogP contribution < -0.4 is 15.6 Å². The van der Waals surface area contributed by atoms with E-state index < -0.39 is 0 Å². The first-order chi connectivity index (χ1) is 17.1. The fourth-order valence-corrected chi connectivity index (χ4v) is 4.95. The molecule has 0 atom stereocenters. The molecule has 35 heavy (non-hydrogen) atoms. The van der Waals surface area contributed by atoms with E-state index in [0.717, 1.165) is 40.9 Å². The molecule has 0 unspecified atom stereocenters. The van der Waals surface area contributed by atoms with Gasteiger partial charge in [-0.1, -0.05) is 54.1 Å². The molecule has 1 aromatic heterocycles. The first kappa shape index (κ1) is 23.2. The molecule has 0 bridgehead atoms. The second-order valence-corrected chi connectivity index (χ2v) is 9.47. The van der Waals surface area contributed by atoms with Gasteiger partial charge in [0.05, 0.1) is 7.11 Å². The number of aromatic nitrogens is 1. The van der Waals surface area contributed by atoms with E-state index in [0.29, 0.717) is 29.9 Å². The Morgan fingerprint density at radius 1 is 1.06 bits per heavy atom. The van der Waals surface area contributed by atoms with E-state index in [1.54, 1.807) is 23.8 Å². The van der Waals surface area contributed by atoms with Crippen LogP contribution in [0.1, 0.15) is 24.1 Å². The molecule has 1 N–H and O–H groups in total. The highest BCUT2D eigenvalue weighted by atomic mass is 35.5. The zero-order valence-electron chi connectivity index (χ0n) is 19.6. The predicted molar refractivity (Wildman–Crippen MR) is 140 cm³/mol. The number of fused-ring (bicyclic) bond motifs is 1. The summed E-state index contributed by atoms with van der Waals surface area (Å²) in [6.07, 6.45) is 2.25. The molecule has 0 amide bonds. The zero-order valence-corrected chi connectivity index (χ0v) is 20.3. The van der Waals surface area contributed by atoms with Crippen molar-refractivity contribution in [1.29, 1.82) is 5.26 Å². The highest BCUT2D eigenvalue weighted by Crippen LogP contribution is 2.47. The number of nitriles is 1. The summed E-state index contributed by atoms with van der Waals surface area (Å²) in [4.78, 5) is 13.5. The van der Waals surface area contributed by atoms with E-state index in [9.17, 15) is 10.1 Å². The number of hydrogen-bond donors (Lipinski definition) is 1. The van der Waals surface area contributed by atoms with Crippen molar-refractivity contribution < 1.29 is 4.74 Å². The van der Waals surface area contributed by atoms with Crippen molar-refractivity contribution in [3.63, 3.8) is 0 Å². The van der Waals surface area contributed by atoms with Gasteiger partial charge in [0, 0.05) is 46.4 Å². The highest BCUT2D eigenvalue weighted by molar-refractivity contribution is 6.30. The number of methoxy groups -OCH3 is 1. The quantitative estimate of drug-likeness (QED) is 0.335. The van der Waals surface area contributed by atoms with E-state index in [1.165, 1.54) is 5.56 Å². The lowest BCUT2D eigenvalue weighted by molar-refractivity contribution is 0.415. The molecule has 5 nitrogen and oxygen atoms in total. The highest BCUT2D eigenvalue weighted by Gasteiger charge is 2.43. The molecule has 0 radical (unpaired) electrons. The lowest BCUT2D eigenvalue weighted by Gasteiger charge is -2.19. The van der Waals surface area contributed by atoms with Crippen LogP contribution in [-0.4, -0.2) is 24.8 Å². The predicted octanol–water partition coefficient (Wildman–Crippen LogP) is 5.52. The van der Waals surface area contributed by atoms with Gasteiger partial charge in [-0.2, -0.15) is 5.26 Å². The molecule has 1 fully saturated rings. The van der Waals surface area contributed by atoms with Crippen LogP contribution in [0.15, 0.2) is 77.6 Å². The number of halogens is 1. The average Bonchev–Trinajstić information content (AvgIpc) is 3.68. The van der Waals surface area contributed by atoms with Crippen LogP contribution in [0.25, 0.3) is 21.9 Å². The number of benzene rings is 3. The molecule has 1 saturated carbocycles. The Kier molecular flexibility index (Phi) is 6.34. The van der Waals surface area contributed by atoms with E-state index in [2.05, 4.69) is 23.5 Å². The first-order valence-electron chi connectivity index (χ1n) is 11.7. The molecule has 5 rings (SSSR count). The Morgan fingerprint density at radius 3 is 2.46 bits per heavy atom. The first-order valence-corrected chi connectivity index (χ1v) is 12.1. The van der Waals surface area contributed by atoms with Crippen LogP contribution in [-0.2, 0) is 12.0 Å². The van der Waals surface area contributed by atoms with Gasteiger partial charge in [-0.05, 0) is 54.3 Å². The Morgan fingerprint density at radius 2 is 1.80 bits per heavy atom. The molecular formula is C29H26ClN3O2. The Hall–Kier alpha value is -3.59. The molecule has 1 aliphatic rings. The van der Waals surface area contributed by atoms with Gasteiger partial charge in [0.25, 0.3) is 5.56 Å². The van der Waals surface area contributed by atoms with Gasteiger partial charge in [-0.3, -0.25) is 9.36 Å². The van der Waals surface area contributed by atoms with Crippen LogP contribution in [0.5, 0.6) is 5.75 Å². The molecule has 0 aliphatic heterocycles. The maximum atomic E-state index is 13.5. The third-order valence-corrected chi connectivity index (χ3v) is 7.18. The van der Waals surface area contributed by atoms with Crippen LogP contribution in [0.3, 0.4) is 0 Å². The summed E-state index contributed by atoms with van der Waals surface area (Å²) in [5.74, 6) is 0.648. The number of nitrogens with zero attached hydrogens (tertiary/aromatic N) is 2. The SMILES string of the molecule is COc1ccc2c(=O)n(CCNCC3(c4ccc(Cl)cc4)CC3)c(C#N)c(-c3ccccc3)c2c1. The fourth-order valence-electron chi connectivity index (χ4n) is 4.82. The maximum Gasteiger partial charge on any atom is 0.259 e. The Bertz CT molecular complexity index is 1470. The number of pyridine rings is 1. The molecule has 1 aliphatic carbocycles. The molecule has 176 valence electrons. The number of hydrogen-bond acceptors (Lipinski definition) is 4. The Labute approximate surface area is 209 Å². The van der Waals surface area contributed by atoms with Gasteiger partial charge < -0.3 is 10.1 Å². The van der Waals surface area contributed by atoms with Gasteiger partial charge in [0.15, 0.2) is 0 Å². The largest absolute Gasteiger partial charge is 0.497 e. The number of ether oxygens (including phenoxy) is 1. The van der Waals surface area contributed by atoms with Crippen molar-refractivity contribution >= 4 is 22.4 Å². The van der Waals surface area contributed by atoms with Crippen LogP contribution in [0, 0.1) is 11.3 Å². The second-order valence-electron chi connectivity index (χ2n) is 9.03. The average molecular weight is 484 g/mol. The number of nitrogens with one attached hydrogen (secondary N) is 1. The van der Waals surface area contributed by atoms with Crippen LogP contribution >= 0.6 is 11.6 Å². The van der Waals surface area contributed by atoms with Gasteiger partial charge in [-0.25, -0.2) is 0 Å². The lowest BCUT2D eigenvalue weighted by atomic mass is 9.96. The molecular weight excluding hydrogens is 458 g/mol. The summed E-state index contributed by atoms with van der Waals surface area (Å²) >= 11 is 6.05. The minimum absolute atomic E-state index is 0.128. The van der Waals surface area contributed by atoms with Crippen molar-refractivity contribution in [2.45, 2.75) is 24.8 Å². The van der Waals surface area contributed by atoms with Gasteiger partial charge in [-0.15, -0.1) is 0 Å². The standard InChI is InChI=1S/C29H26ClN3O2/c1-35-23-11-12-24-25(17-23)27(20-5-3-2-4-6-20)26(18-31)33(28(24)34)16-15-32-19-29(13-14-29)21-7-9-22(30)10-8-21/h2-12,17,32H,13-16,19H2,1H3. The minimum atomic E-state index is -0.167. The summed E-state index contributed by atoms with van der Waals surface area (Å²) in [6.45, 7) is 1.81. The third-order valence-electron chi connectivity index (χ3n) is 6.93. The topological polar surface area (TPSA) is 67.0 Å². The summed E-state index contributed by atoms with van der Waals surface area (Å²) in [7, 11) is 1.60. The molecule has 0 saturated heterocycles. The van der Waals surface area contributed by atoms with Crippen LogP contribution in [0.4, 0.5) is 0 Å². The normalized spacial score (nSPS) is 14.0. The second kappa shape index (κ2) is 9.58. The smallest absolute Gasteiger partial charge is 0.259 e. The minimum Gasteiger partial charge on any atom is -0.497 e. The zero-order chi connectivity index (χ0) is 24.4. The van der Waals surface area contributed by atoms with Crippen molar-refractivity contribution in [3.8, 4) is 22.9 Å².